The maximum atomic E-state index is 10.2. The number of carboxylic acid groups (broad SMARTS) is 1. The van der Waals surface area contributed by atoms with Gasteiger partial charge in [0.15, 0.2) is 0 Å². The van der Waals surface area contributed by atoms with Crippen LogP contribution in [0.15, 0.2) is 24.3 Å². The third-order valence-electron chi connectivity index (χ3n) is 2.06. The molecule has 0 heterocycles. The fourth-order valence-corrected chi connectivity index (χ4v) is 1.54. The lowest BCUT2D eigenvalue weighted by molar-refractivity contribution is -0.135. The van der Waals surface area contributed by atoms with E-state index in [1.165, 1.54) is 0 Å². The molecular weight excluding hydrogens is 238 g/mol. The zero-order valence-corrected chi connectivity index (χ0v) is 10.4. The summed E-state index contributed by atoms with van der Waals surface area (Å²) in [5.74, 6) is 4.52. The molecule has 0 atom stereocenters. The number of rotatable bonds is 4. The predicted octanol–water partition coefficient (Wildman–Crippen LogP) is 2.25. The Balaban J connectivity index is 2.41. The predicted molar refractivity (Wildman–Crippen MR) is 67.8 cm³/mol. The van der Waals surface area contributed by atoms with Gasteiger partial charge in [-0.05, 0) is 24.7 Å². The number of halogens is 1. The lowest BCUT2D eigenvalue weighted by atomic mass is 10.2. The first-order valence-electron chi connectivity index (χ1n) is 5.18. The molecule has 0 aliphatic rings. The molecule has 90 valence electrons. The van der Waals surface area contributed by atoms with Crippen molar-refractivity contribution in [2.75, 3.05) is 13.6 Å². The fraction of sp³-hybridized carbons (Fsp3) is 0.308. The van der Waals surface area contributed by atoms with Crippen molar-refractivity contribution in [3.8, 4) is 11.8 Å². The zero-order chi connectivity index (χ0) is 12.7. The second-order valence-electron chi connectivity index (χ2n) is 3.73. The lowest BCUT2D eigenvalue weighted by Gasteiger charge is -2.13. The highest BCUT2D eigenvalue weighted by Crippen LogP contribution is 2.11. The molecule has 0 unspecified atom stereocenters. The van der Waals surface area contributed by atoms with Crippen molar-refractivity contribution in [1.29, 1.82) is 0 Å². The summed E-state index contributed by atoms with van der Waals surface area (Å²) in [6.45, 7) is 1.28. The van der Waals surface area contributed by atoms with Crippen LogP contribution in [0.3, 0.4) is 0 Å². The first-order valence-corrected chi connectivity index (χ1v) is 5.56. The minimum Gasteiger partial charge on any atom is -0.481 e. The SMILES string of the molecule is CN(CC#CCC(=O)O)Cc1cccc(Cl)c1. The largest absolute Gasteiger partial charge is 0.481 e. The molecule has 0 saturated carbocycles. The summed E-state index contributed by atoms with van der Waals surface area (Å²) >= 11 is 5.88. The van der Waals surface area contributed by atoms with Crippen molar-refractivity contribution in [1.82, 2.24) is 4.90 Å². The summed E-state index contributed by atoms with van der Waals surface area (Å²) in [5, 5.41) is 9.13. The third kappa shape index (κ3) is 5.96. The van der Waals surface area contributed by atoms with Gasteiger partial charge in [0.1, 0.15) is 6.42 Å². The van der Waals surface area contributed by atoms with Gasteiger partial charge in [0.2, 0.25) is 0 Å². The van der Waals surface area contributed by atoms with E-state index < -0.39 is 5.97 Å². The lowest BCUT2D eigenvalue weighted by Crippen LogP contribution is -2.17. The Kier molecular flexibility index (Phi) is 5.55. The van der Waals surface area contributed by atoms with Crippen LogP contribution in [0.5, 0.6) is 0 Å². The standard InChI is InChI=1S/C13H14ClNO2/c1-15(8-3-2-7-13(16)17)10-11-5-4-6-12(14)9-11/h4-6,9H,7-8,10H2,1H3,(H,16,17). The molecule has 0 aliphatic carbocycles. The molecule has 1 aromatic carbocycles. The summed E-state index contributed by atoms with van der Waals surface area (Å²) in [6, 6.07) is 7.63. The van der Waals surface area contributed by atoms with Crippen molar-refractivity contribution in [2.24, 2.45) is 0 Å². The van der Waals surface area contributed by atoms with Crippen LogP contribution >= 0.6 is 11.6 Å². The van der Waals surface area contributed by atoms with Crippen molar-refractivity contribution < 1.29 is 9.90 Å². The van der Waals surface area contributed by atoms with Crippen LogP contribution in [-0.2, 0) is 11.3 Å². The third-order valence-corrected chi connectivity index (χ3v) is 2.29. The van der Waals surface area contributed by atoms with E-state index in [1.807, 2.05) is 36.2 Å². The van der Waals surface area contributed by atoms with E-state index in [1.54, 1.807) is 0 Å². The van der Waals surface area contributed by atoms with Gasteiger partial charge in [0.05, 0.1) is 6.54 Å². The molecule has 0 aromatic heterocycles. The summed E-state index contributed by atoms with van der Waals surface area (Å²) in [5.41, 5.74) is 1.11. The van der Waals surface area contributed by atoms with Gasteiger partial charge in [-0.3, -0.25) is 9.69 Å². The molecule has 0 amide bonds. The first kappa shape index (κ1) is 13.6. The molecule has 0 bridgehead atoms. The molecular formula is C13H14ClNO2. The number of carbonyl (C=O) groups is 1. The summed E-state index contributed by atoms with van der Waals surface area (Å²) in [7, 11) is 1.93. The van der Waals surface area contributed by atoms with Crippen LogP contribution in [0, 0.1) is 11.8 Å². The number of hydrogen-bond acceptors (Lipinski definition) is 2. The van der Waals surface area contributed by atoms with Crippen LogP contribution in [0.2, 0.25) is 5.02 Å². The first-order chi connectivity index (χ1) is 8.08. The Morgan fingerprint density at radius 3 is 2.88 bits per heavy atom. The van der Waals surface area contributed by atoms with Gasteiger partial charge >= 0.3 is 5.97 Å². The van der Waals surface area contributed by atoms with E-state index in [2.05, 4.69) is 11.8 Å². The van der Waals surface area contributed by atoms with E-state index in [0.717, 1.165) is 12.1 Å². The van der Waals surface area contributed by atoms with Crippen LogP contribution in [0.1, 0.15) is 12.0 Å². The number of benzene rings is 1. The highest BCUT2D eigenvalue weighted by Gasteiger charge is 1.99. The van der Waals surface area contributed by atoms with Crippen molar-refractivity contribution in [3.63, 3.8) is 0 Å². The van der Waals surface area contributed by atoms with Crippen LogP contribution in [0.25, 0.3) is 0 Å². The molecule has 0 spiro atoms. The fourth-order valence-electron chi connectivity index (χ4n) is 1.33. The van der Waals surface area contributed by atoms with E-state index in [9.17, 15) is 4.79 Å². The van der Waals surface area contributed by atoms with Crippen LogP contribution in [0.4, 0.5) is 0 Å². The van der Waals surface area contributed by atoms with Gasteiger partial charge in [0, 0.05) is 11.6 Å². The number of aliphatic carboxylic acids is 1. The van der Waals surface area contributed by atoms with E-state index in [-0.39, 0.29) is 6.42 Å². The van der Waals surface area contributed by atoms with Crippen LogP contribution in [-0.4, -0.2) is 29.6 Å². The Morgan fingerprint density at radius 2 is 2.24 bits per heavy atom. The van der Waals surface area contributed by atoms with Gasteiger partial charge in [-0.25, -0.2) is 0 Å². The molecule has 0 saturated heterocycles. The van der Waals surface area contributed by atoms with Gasteiger partial charge in [-0.1, -0.05) is 35.6 Å². The average Bonchev–Trinajstić information content (AvgIpc) is 2.24. The van der Waals surface area contributed by atoms with Gasteiger partial charge in [-0.2, -0.15) is 0 Å². The molecule has 17 heavy (non-hydrogen) atoms. The van der Waals surface area contributed by atoms with Crippen molar-refractivity contribution >= 4 is 17.6 Å². The average molecular weight is 252 g/mol. The minimum atomic E-state index is -0.894. The summed E-state index contributed by atoms with van der Waals surface area (Å²) in [6.07, 6.45) is -0.106. The second-order valence-corrected chi connectivity index (χ2v) is 4.16. The Labute approximate surface area is 106 Å². The summed E-state index contributed by atoms with van der Waals surface area (Å²) in [4.78, 5) is 12.2. The van der Waals surface area contributed by atoms with Gasteiger partial charge in [0.25, 0.3) is 0 Å². The molecule has 3 nitrogen and oxygen atoms in total. The van der Waals surface area contributed by atoms with E-state index >= 15 is 0 Å². The number of nitrogens with zero attached hydrogens (tertiary/aromatic N) is 1. The topological polar surface area (TPSA) is 40.5 Å². The quantitative estimate of drug-likeness (QED) is 0.835. The second kappa shape index (κ2) is 6.95. The maximum absolute atomic E-state index is 10.2. The normalized spacial score (nSPS) is 9.82. The molecule has 0 aliphatic heterocycles. The van der Waals surface area contributed by atoms with Crippen molar-refractivity contribution in [3.05, 3.63) is 34.9 Å². The molecule has 1 aromatic rings. The van der Waals surface area contributed by atoms with Gasteiger partial charge in [-0.15, -0.1) is 0 Å². The smallest absolute Gasteiger partial charge is 0.315 e. The Morgan fingerprint density at radius 1 is 1.47 bits per heavy atom. The molecule has 0 radical (unpaired) electrons. The Bertz CT molecular complexity index is 448. The van der Waals surface area contributed by atoms with Gasteiger partial charge < -0.3 is 5.11 Å². The van der Waals surface area contributed by atoms with Crippen molar-refractivity contribution in [2.45, 2.75) is 13.0 Å². The zero-order valence-electron chi connectivity index (χ0n) is 9.61. The molecule has 1 N–H and O–H groups in total. The van der Waals surface area contributed by atoms with Crippen LogP contribution < -0.4 is 0 Å². The number of carboxylic acids is 1. The monoisotopic (exact) mass is 251 g/mol. The highest BCUT2D eigenvalue weighted by atomic mass is 35.5. The molecule has 1 rings (SSSR count). The summed E-state index contributed by atoms with van der Waals surface area (Å²) < 4.78 is 0. The van der Waals surface area contributed by atoms with E-state index in [4.69, 9.17) is 16.7 Å². The Hall–Kier alpha value is -1.50. The maximum Gasteiger partial charge on any atom is 0.315 e. The van der Waals surface area contributed by atoms with E-state index in [0.29, 0.717) is 11.6 Å². The number of hydrogen-bond donors (Lipinski definition) is 1. The minimum absolute atomic E-state index is 0.106. The highest BCUT2D eigenvalue weighted by molar-refractivity contribution is 6.30. The molecule has 4 heteroatoms. The molecule has 0 fully saturated rings.